The van der Waals surface area contributed by atoms with Crippen LogP contribution in [0.1, 0.15) is 20.7 Å². The molecular weight excluding hydrogens is 208 g/mol. The van der Waals surface area contributed by atoms with Gasteiger partial charge in [0.05, 0.1) is 16.5 Å². The second-order valence-corrected chi connectivity index (χ2v) is 3.34. The van der Waals surface area contributed by atoms with E-state index in [0.717, 1.165) is 0 Å². The zero-order valence-electron chi connectivity index (χ0n) is 8.18. The summed E-state index contributed by atoms with van der Waals surface area (Å²) in [6, 6.07) is 6.08. The molecule has 2 aromatic carbocycles. The molecule has 2 N–H and O–H groups in total. The van der Waals surface area contributed by atoms with Crippen LogP contribution in [0.3, 0.4) is 0 Å². The maximum absolute atomic E-state index is 10.6. The Hall–Kier alpha value is -2.36. The van der Waals surface area contributed by atoms with E-state index >= 15 is 0 Å². The van der Waals surface area contributed by atoms with E-state index in [1.165, 1.54) is 12.1 Å². The van der Waals surface area contributed by atoms with Crippen LogP contribution in [0.25, 0.3) is 10.8 Å². The van der Waals surface area contributed by atoms with Gasteiger partial charge in [-0.1, -0.05) is 12.1 Å². The minimum absolute atomic E-state index is 0.0749. The quantitative estimate of drug-likeness (QED) is 0.751. The maximum atomic E-state index is 10.6. The summed E-state index contributed by atoms with van der Waals surface area (Å²) in [6.07, 6.45) is 0.976. The smallest absolute Gasteiger partial charge is 0.153 e. The Labute approximate surface area is 90.8 Å². The van der Waals surface area contributed by atoms with Crippen molar-refractivity contribution in [2.45, 2.75) is 0 Å². The lowest BCUT2D eigenvalue weighted by atomic mass is 10.0. The van der Waals surface area contributed by atoms with E-state index < -0.39 is 0 Å². The zero-order valence-corrected chi connectivity index (χ0v) is 8.18. The van der Waals surface area contributed by atoms with Gasteiger partial charge in [-0.25, -0.2) is 0 Å². The summed E-state index contributed by atoms with van der Waals surface area (Å²) in [6.45, 7) is 0. The predicted molar refractivity (Wildman–Crippen MR) is 58.1 cm³/mol. The number of aldehydes is 2. The number of fused-ring (bicyclic) bond motifs is 1. The molecule has 4 heteroatoms. The molecule has 0 aliphatic rings. The van der Waals surface area contributed by atoms with Gasteiger partial charge in [-0.2, -0.15) is 0 Å². The van der Waals surface area contributed by atoms with E-state index in [0.29, 0.717) is 18.0 Å². The molecule has 0 atom stereocenters. The summed E-state index contributed by atoms with van der Waals surface area (Å²) in [5.41, 5.74) is 0.150. The van der Waals surface area contributed by atoms with Gasteiger partial charge in [0.25, 0.3) is 0 Å². The van der Waals surface area contributed by atoms with Crippen molar-refractivity contribution in [2.75, 3.05) is 0 Å². The first-order valence-electron chi connectivity index (χ1n) is 4.57. The van der Waals surface area contributed by atoms with Crippen LogP contribution in [-0.2, 0) is 0 Å². The standard InChI is InChI=1S/C12H8O4/c13-5-8-3-1-7-2-4-9(6-14)12(16)10(7)11(8)15/h1-6,15-16H. The lowest BCUT2D eigenvalue weighted by Gasteiger charge is -2.07. The highest BCUT2D eigenvalue weighted by Crippen LogP contribution is 2.36. The summed E-state index contributed by atoms with van der Waals surface area (Å²) in [7, 11) is 0. The normalized spacial score (nSPS) is 10.2. The second-order valence-electron chi connectivity index (χ2n) is 3.34. The molecule has 0 heterocycles. The average Bonchev–Trinajstić information content (AvgIpc) is 2.30. The van der Waals surface area contributed by atoms with Gasteiger partial charge in [0.2, 0.25) is 0 Å². The third-order valence-corrected chi connectivity index (χ3v) is 2.45. The van der Waals surface area contributed by atoms with Crippen LogP contribution in [0, 0.1) is 0 Å². The molecule has 0 saturated carbocycles. The minimum atomic E-state index is -0.311. The van der Waals surface area contributed by atoms with Crippen molar-refractivity contribution in [2.24, 2.45) is 0 Å². The minimum Gasteiger partial charge on any atom is -0.506 e. The number of hydrogen-bond acceptors (Lipinski definition) is 4. The summed E-state index contributed by atoms with van der Waals surface area (Å²) < 4.78 is 0. The van der Waals surface area contributed by atoms with E-state index in [9.17, 15) is 19.8 Å². The SMILES string of the molecule is O=Cc1ccc2ccc(C=O)c(O)c2c1O. The van der Waals surface area contributed by atoms with Crippen molar-refractivity contribution in [3.63, 3.8) is 0 Å². The third kappa shape index (κ3) is 1.32. The molecule has 0 amide bonds. The highest BCUT2D eigenvalue weighted by Gasteiger charge is 2.12. The molecule has 0 saturated heterocycles. The molecule has 0 aliphatic heterocycles. The number of carbonyl (C=O) groups excluding carboxylic acids is 2. The van der Waals surface area contributed by atoms with Crippen molar-refractivity contribution in [3.05, 3.63) is 35.4 Å². The van der Waals surface area contributed by atoms with E-state index in [1.807, 2.05) is 0 Å². The Bertz CT molecular complexity index is 538. The van der Waals surface area contributed by atoms with Gasteiger partial charge < -0.3 is 10.2 Å². The first kappa shape index (κ1) is 10.2. The van der Waals surface area contributed by atoms with Gasteiger partial charge in [-0.3, -0.25) is 9.59 Å². The van der Waals surface area contributed by atoms with E-state index in [1.54, 1.807) is 12.1 Å². The van der Waals surface area contributed by atoms with Crippen LogP contribution in [0.5, 0.6) is 11.5 Å². The summed E-state index contributed by atoms with van der Waals surface area (Å²) in [5.74, 6) is -0.623. The van der Waals surface area contributed by atoms with Crippen LogP contribution in [0.2, 0.25) is 0 Å². The van der Waals surface area contributed by atoms with E-state index in [4.69, 9.17) is 0 Å². The number of carbonyl (C=O) groups is 2. The molecule has 0 radical (unpaired) electrons. The topological polar surface area (TPSA) is 74.6 Å². The molecule has 0 aliphatic carbocycles. The average molecular weight is 216 g/mol. The van der Waals surface area contributed by atoms with E-state index in [-0.39, 0.29) is 28.0 Å². The number of phenolic OH excluding ortho intramolecular Hbond substituents is 2. The molecule has 0 fully saturated rings. The summed E-state index contributed by atoms with van der Waals surface area (Å²) in [4.78, 5) is 21.3. The van der Waals surface area contributed by atoms with Gasteiger partial charge in [0, 0.05) is 0 Å². The monoisotopic (exact) mass is 216 g/mol. The fourth-order valence-electron chi connectivity index (χ4n) is 1.60. The molecule has 0 aromatic heterocycles. The molecule has 2 rings (SSSR count). The summed E-state index contributed by atoms with van der Waals surface area (Å²) in [5, 5.41) is 20.2. The van der Waals surface area contributed by atoms with Crippen LogP contribution < -0.4 is 0 Å². The predicted octanol–water partition coefficient (Wildman–Crippen LogP) is 1.88. The van der Waals surface area contributed by atoms with Crippen molar-refractivity contribution >= 4 is 23.3 Å². The Morgan fingerprint density at radius 2 is 1.25 bits per heavy atom. The molecule has 0 spiro atoms. The number of hydrogen-bond donors (Lipinski definition) is 2. The molecule has 0 bridgehead atoms. The lowest BCUT2D eigenvalue weighted by molar-refractivity contribution is 0.111. The molecule has 2 aromatic rings. The first-order valence-corrected chi connectivity index (χ1v) is 4.57. The number of aromatic hydroxyl groups is 2. The van der Waals surface area contributed by atoms with Gasteiger partial charge in [-0.05, 0) is 17.5 Å². The fraction of sp³-hybridized carbons (Fsp3) is 0. The van der Waals surface area contributed by atoms with Crippen LogP contribution in [0.15, 0.2) is 24.3 Å². The van der Waals surface area contributed by atoms with Gasteiger partial charge in [0.15, 0.2) is 12.6 Å². The fourth-order valence-corrected chi connectivity index (χ4v) is 1.60. The first-order chi connectivity index (χ1) is 7.69. The lowest BCUT2D eigenvalue weighted by Crippen LogP contribution is -1.87. The van der Waals surface area contributed by atoms with Gasteiger partial charge in [0.1, 0.15) is 11.5 Å². The highest BCUT2D eigenvalue weighted by molar-refractivity contribution is 6.03. The number of benzene rings is 2. The zero-order chi connectivity index (χ0) is 11.7. The largest absolute Gasteiger partial charge is 0.506 e. The number of phenols is 2. The van der Waals surface area contributed by atoms with Crippen molar-refractivity contribution in [3.8, 4) is 11.5 Å². The van der Waals surface area contributed by atoms with E-state index in [2.05, 4.69) is 0 Å². The van der Waals surface area contributed by atoms with Crippen molar-refractivity contribution in [1.82, 2.24) is 0 Å². The summed E-state index contributed by atoms with van der Waals surface area (Å²) >= 11 is 0. The molecule has 16 heavy (non-hydrogen) atoms. The second kappa shape index (κ2) is 3.66. The molecule has 80 valence electrons. The Balaban J connectivity index is 2.94. The van der Waals surface area contributed by atoms with Gasteiger partial charge >= 0.3 is 0 Å². The molecular formula is C12H8O4. The Morgan fingerprint density at radius 1 is 0.812 bits per heavy atom. The van der Waals surface area contributed by atoms with Crippen molar-refractivity contribution in [1.29, 1.82) is 0 Å². The highest BCUT2D eigenvalue weighted by atomic mass is 16.3. The van der Waals surface area contributed by atoms with Crippen LogP contribution in [0.4, 0.5) is 0 Å². The van der Waals surface area contributed by atoms with Crippen molar-refractivity contribution < 1.29 is 19.8 Å². The van der Waals surface area contributed by atoms with Crippen LogP contribution >= 0.6 is 0 Å². The van der Waals surface area contributed by atoms with Crippen LogP contribution in [-0.4, -0.2) is 22.8 Å². The Morgan fingerprint density at radius 3 is 1.62 bits per heavy atom. The third-order valence-electron chi connectivity index (χ3n) is 2.45. The molecule has 0 unspecified atom stereocenters. The Kier molecular flexibility index (Phi) is 2.32. The molecule has 4 nitrogen and oxygen atoms in total. The van der Waals surface area contributed by atoms with Gasteiger partial charge in [-0.15, -0.1) is 0 Å². The maximum Gasteiger partial charge on any atom is 0.153 e. The number of rotatable bonds is 2.